The first-order valence-electron chi connectivity index (χ1n) is 6.38. The smallest absolute Gasteiger partial charge is 0.143 e. The van der Waals surface area contributed by atoms with Crippen LogP contribution in [0.1, 0.15) is 18.1 Å². The molecule has 2 N–H and O–H groups in total. The summed E-state index contributed by atoms with van der Waals surface area (Å²) in [6.45, 7) is 4.41. The number of anilines is 1. The molecule has 19 heavy (non-hydrogen) atoms. The summed E-state index contributed by atoms with van der Waals surface area (Å²) in [6.07, 6.45) is 1.82. The van der Waals surface area contributed by atoms with E-state index in [1.54, 1.807) is 0 Å². The van der Waals surface area contributed by atoms with Crippen LogP contribution < -0.4 is 10.6 Å². The van der Waals surface area contributed by atoms with Gasteiger partial charge in [0.1, 0.15) is 5.82 Å². The van der Waals surface area contributed by atoms with Crippen LogP contribution in [0.4, 0.5) is 5.82 Å². The summed E-state index contributed by atoms with van der Waals surface area (Å²) in [5.41, 5.74) is 8.24. The first-order chi connectivity index (χ1) is 9.26. The van der Waals surface area contributed by atoms with E-state index in [0.717, 1.165) is 23.4 Å². The molecule has 0 aliphatic rings. The minimum Gasteiger partial charge on any atom is -0.352 e. The number of rotatable bonds is 5. The number of nitrogens with zero attached hydrogens (tertiary/aromatic N) is 2. The summed E-state index contributed by atoms with van der Waals surface area (Å²) in [5.74, 6) is 0.969. The van der Waals surface area contributed by atoms with Crippen molar-refractivity contribution in [1.82, 2.24) is 4.98 Å². The predicted molar refractivity (Wildman–Crippen MR) is 83.0 cm³/mol. The summed E-state index contributed by atoms with van der Waals surface area (Å²) in [5, 5.41) is 0. The fraction of sp³-hybridized carbons (Fsp3) is 0.267. The molecule has 0 saturated carbocycles. The van der Waals surface area contributed by atoms with Gasteiger partial charge in [-0.15, -0.1) is 0 Å². The molecule has 0 aliphatic carbocycles. The van der Waals surface area contributed by atoms with E-state index in [1.165, 1.54) is 11.1 Å². The van der Waals surface area contributed by atoms with Crippen LogP contribution in [0, 0.1) is 0 Å². The molecule has 1 heterocycles. The zero-order chi connectivity index (χ0) is 13.7. The average molecular weight is 320 g/mol. The van der Waals surface area contributed by atoms with Gasteiger partial charge < -0.3 is 10.6 Å². The zero-order valence-electron chi connectivity index (χ0n) is 11.0. The number of hydrogen-bond donors (Lipinski definition) is 1. The Kier molecular flexibility index (Phi) is 4.93. The van der Waals surface area contributed by atoms with E-state index < -0.39 is 0 Å². The molecule has 2 rings (SSSR count). The third-order valence-corrected chi connectivity index (χ3v) is 3.74. The normalized spacial score (nSPS) is 10.5. The van der Waals surface area contributed by atoms with Crippen LogP contribution in [0.15, 0.2) is 47.1 Å². The maximum Gasteiger partial charge on any atom is 0.143 e. The molecule has 0 spiro atoms. The average Bonchev–Trinajstić information content (AvgIpc) is 2.46. The molecule has 0 aliphatic heterocycles. The summed E-state index contributed by atoms with van der Waals surface area (Å²) < 4.78 is 1.02. The van der Waals surface area contributed by atoms with Gasteiger partial charge in [0, 0.05) is 25.8 Å². The van der Waals surface area contributed by atoms with Crippen LogP contribution in [-0.4, -0.2) is 11.5 Å². The second-order valence-electron chi connectivity index (χ2n) is 4.30. The second-order valence-corrected chi connectivity index (χ2v) is 5.15. The second kappa shape index (κ2) is 6.68. The van der Waals surface area contributed by atoms with Gasteiger partial charge in [-0.05, 0) is 46.1 Å². The summed E-state index contributed by atoms with van der Waals surface area (Å²) >= 11 is 3.56. The molecule has 1 aromatic heterocycles. The van der Waals surface area contributed by atoms with Crippen LogP contribution in [0.5, 0.6) is 0 Å². The van der Waals surface area contributed by atoms with Crippen molar-refractivity contribution >= 4 is 21.7 Å². The van der Waals surface area contributed by atoms with Gasteiger partial charge in [-0.1, -0.05) is 24.3 Å². The molecule has 0 amide bonds. The summed E-state index contributed by atoms with van der Waals surface area (Å²) in [4.78, 5) is 6.68. The SMILES string of the molecule is CCN(Cc1ccccc1CN)c1ncccc1Br. The standard InChI is InChI=1S/C15H18BrN3/c1-2-19(15-14(16)8-5-9-18-15)11-13-7-4-3-6-12(13)10-17/h3-9H,2,10-11,17H2,1H3. The quantitative estimate of drug-likeness (QED) is 0.919. The van der Waals surface area contributed by atoms with E-state index in [1.807, 2.05) is 24.4 Å². The molecule has 1 aromatic carbocycles. The Morgan fingerprint density at radius 2 is 1.89 bits per heavy atom. The molecule has 2 aromatic rings. The largest absolute Gasteiger partial charge is 0.352 e. The van der Waals surface area contributed by atoms with Crippen molar-refractivity contribution in [2.45, 2.75) is 20.0 Å². The third-order valence-electron chi connectivity index (χ3n) is 3.12. The van der Waals surface area contributed by atoms with Crippen molar-refractivity contribution in [2.24, 2.45) is 5.73 Å². The van der Waals surface area contributed by atoms with Crippen LogP contribution >= 0.6 is 15.9 Å². The van der Waals surface area contributed by atoms with Crippen LogP contribution in [0.25, 0.3) is 0 Å². The number of halogens is 1. The van der Waals surface area contributed by atoms with Gasteiger partial charge in [0.2, 0.25) is 0 Å². The van der Waals surface area contributed by atoms with E-state index in [0.29, 0.717) is 6.54 Å². The molecule has 0 radical (unpaired) electrons. The Morgan fingerprint density at radius 3 is 2.53 bits per heavy atom. The molecule has 0 bridgehead atoms. The van der Waals surface area contributed by atoms with Gasteiger partial charge in [0.05, 0.1) is 4.47 Å². The van der Waals surface area contributed by atoms with Crippen molar-refractivity contribution in [3.8, 4) is 0 Å². The number of pyridine rings is 1. The van der Waals surface area contributed by atoms with E-state index in [9.17, 15) is 0 Å². The van der Waals surface area contributed by atoms with Crippen molar-refractivity contribution in [3.63, 3.8) is 0 Å². The van der Waals surface area contributed by atoms with Crippen molar-refractivity contribution in [1.29, 1.82) is 0 Å². The van der Waals surface area contributed by atoms with Gasteiger partial charge in [-0.3, -0.25) is 0 Å². The van der Waals surface area contributed by atoms with Crippen molar-refractivity contribution in [3.05, 3.63) is 58.2 Å². The first kappa shape index (κ1) is 14.0. The molecule has 0 saturated heterocycles. The lowest BCUT2D eigenvalue weighted by atomic mass is 10.1. The summed E-state index contributed by atoms with van der Waals surface area (Å²) in [6, 6.07) is 12.2. The Labute approximate surface area is 122 Å². The Balaban J connectivity index is 2.27. The Hall–Kier alpha value is -1.39. The molecule has 0 atom stereocenters. The fourth-order valence-corrected chi connectivity index (χ4v) is 2.57. The van der Waals surface area contributed by atoms with Crippen LogP contribution in [0.3, 0.4) is 0 Å². The van der Waals surface area contributed by atoms with E-state index in [4.69, 9.17) is 5.73 Å². The molecular weight excluding hydrogens is 302 g/mol. The molecule has 4 heteroatoms. The third kappa shape index (κ3) is 3.33. The predicted octanol–water partition coefficient (Wildman–Crippen LogP) is 3.33. The highest BCUT2D eigenvalue weighted by Crippen LogP contribution is 2.24. The molecule has 100 valence electrons. The Bertz CT molecular complexity index is 542. The fourth-order valence-electron chi connectivity index (χ4n) is 2.06. The van der Waals surface area contributed by atoms with Crippen LogP contribution in [-0.2, 0) is 13.1 Å². The Morgan fingerprint density at radius 1 is 1.16 bits per heavy atom. The first-order valence-corrected chi connectivity index (χ1v) is 7.18. The summed E-state index contributed by atoms with van der Waals surface area (Å²) in [7, 11) is 0. The van der Waals surface area contributed by atoms with Gasteiger partial charge >= 0.3 is 0 Å². The van der Waals surface area contributed by atoms with Gasteiger partial charge in [-0.25, -0.2) is 4.98 Å². The minimum absolute atomic E-state index is 0.567. The highest BCUT2D eigenvalue weighted by molar-refractivity contribution is 9.10. The van der Waals surface area contributed by atoms with Gasteiger partial charge in [0.25, 0.3) is 0 Å². The van der Waals surface area contributed by atoms with Crippen LogP contribution in [0.2, 0.25) is 0 Å². The lowest BCUT2D eigenvalue weighted by Gasteiger charge is -2.24. The molecule has 0 unspecified atom stereocenters. The maximum atomic E-state index is 5.79. The monoisotopic (exact) mass is 319 g/mol. The highest BCUT2D eigenvalue weighted by atomic mass is 79.9. The lowest BCUT2D eigenvalue weighted by molar-refractivity contribution is 0.800. The maximum absolute atomic E-state index is 5.79. The molecule has 0 fully saturated rings. The number of nitrogens with two attached hydrogens (primary N) is 1. The van der Waals surface area contributed by atoms with E-state index in [2.05, 4.69) is 50.9 Å². The van der Waals surface area contributed by atoms with Gasteiger partial charge in [-0.2, -0.15) is 0 Å². The van der Waals surface area contributed by atoms with Crippen molar-refractivity contribution in [2.75, 3.05) is 11.4 Å². The van der Waals surface area contributed by atoms with Gasteiger partial charge in [0.15, 0.2) is 0 Å². The topological polar surface area (TPSA) is 42.1 Å². The number of benzene rings is 1. The number of hydrogen-bond acceptors (Lipinski definition) is 3. The highest BCUT2D eigenvalue weighted by Gasteiger charge is 2.11. The van der Waals surface area contributed by atoms with E-state index >= 15 is 0 Å². The van der Waals surface area contributed by atoms with E-state index in [-0.39, 0.29) is 0 Å². The molecular formula is C15H18BrN3. The minimum atomic E-state index is 0.567. The lowest BCUT2D eigenvalue weighted by Crippen LogP contribution is -2.24. The number of aromatic nitrogens is 1. The zero-order valence-corrected chi connectivity index (χ0v) is 12.6. The van der Waals surface area contributed by atoms with Crippen molar-refractivity contribution < 1.29 is 0 Å². The molecule has 3 nitrogen and oxygen atoms in total.